The van der Waals surface area contributed by atoms with Crippen LogP contribution >= 0.6 is 11.6 Å². The van der Waals surface area contributed by atoms with Crippen LogP contribution in [-0.4, -0.2) is 94.5 Å². The highest BCUT2D eigenvalue weighted by Crippen LogP contribution is 2.37. The van der Waals surface area contributed by atoms with Crippen molar-refractivity contribution in [1.82, 2.24) is 19.8 Å². The number of carboxylic acid groups (broad SMARTS) is 1. The number of fused-ring (bicyclic) bond motifs is 2. The van der Waals surface area contributed by atoms with Crippen molar-refractivity contribution in [2.45, 2.75) is 50.5 Å². The van der Waals surface area contributed by atoms with Crippen LogP contribution in [0, 0.1) is 11.3 Å². The molecule has 4 heterocycles. The van der Waals surface area contributed by atoms with Gasteiger partial charge < -0.3 is 29.4 Å². The number of carbonyl (C=O) groups is 2. The molecule has 2 atom stereocenters. The molecule has 0 aliphatic carbocycles. The second kappa shape index (κ2) is 12.7. The van der Waals surface area contributed by atoms with Crippen molar-refractivity contribution in [3.05, 3.63) is 52.7 Å². The number of likely N-dealkylation sites (tertiary alicyclic amines) is 1. The van der Waals surface area contributed by atoms with Crippen LogP contribution in [0.4, 0.5) is 29.5 Å². The van der Waals surface area contributed by atoms with E-state index in [-0.39, 0.29) is 38.7 Å². The molecule has 242 valence electrons. The number of piperazine rings is 1. The lowest BCUT2D eigenvalue weighted by atomic mass is 10.0. The third-order valence-corrected chi connectivity index (χ3v) is 9.15. The van der Waals surface area contributed by atoms with E-state index in [4.69, 9.17) is 26.3 Å². The maximum Gasteiger partial charge on any atom is 0.471 e. The maximum atomic E-state index is 13.2. The summed E-state index contributed by atoms with van der Waals surface area (Å²) in [5.41, 5.74) is 2.43. The average Bonchev–Trinajstić information content (AvgIpc) is 3.50. The van der Waals surface area contributed by atoms with E-state index < -0.39 is 30.3 Å². The van der Waals surface area contributed by atoms with Gasteiger partial charge in [0.05, 0.1) is 41.8 Å². The lowest BCUT2D eigenvalue weighted by Crippen LogP contribution is -2.55. The number of aromatic nitrogens is 2. The molecular formula is C31H31ClF3N7O4. The minimum absolute atomic E-state index is 0.000200. The van der Waals surface area contributed by atoms with Crippen LogP contribution in [0.5, 0.6) is 6.01 Å². The fourth-order valence-corrected chi connectivity index (χ4v) is 6.93. The zero-order chi connectivity index (χ0) is 32.6. The lowest BCUT2D eigenvalue weighted by molar-refractivity contribution is -0.186. The molecule has 0 saturated carbocycles. The van der Waals surface area contributed by atoms with Gasteiger partial charge in [0.15, 0.2) is 0 Å². The Kier molecular flexibility index (Phi) is 8.69. The van der Waals surface area contributed by atoms with Crippen LogP contribution < -0.4 is 14.5 Å². The second-order valence-electron chi connectivity index (χ2n) is 11.6. The van der Waals surface area contributed by atoms with Gasteiger partial charge in [-0.1, -0.05) is 35.9 Å². The number of benzene rings is 2. The van der Waals surface area contributed by atoms with Gasteiger partial charge in [0.2, 0.25) is 0 Å². The smallest absolute Gasteiger partial charge is 0.465 e. The molecule has 15 heteroatoms. The van der Waals surface area contributed by atoms with Crippen LogP contribution in [-0.2, 0) is 17.8 Å². The number of rotatable bonds is 6. The Bertz CT molecular complexity index is 1700. The highest BCUT2D eigenvalue weighted by Gasteiger charge is 2.46. The number of ether oxygens (including phenoxy) is 1. The highest BCUT2D eigenvalue weighted by molar-refractivity contribution is 6.36. The summed E-state index contributed by atoms with van der Waals surface area (Å²) in [5.74, 6) is -1.35. The third kappa shape index (κ3) is 6.16. The van der Waals surface area contributed by atoms with Gasteiger partial charge in [-0.25, -0.2) is 4.79 Å². The molecule has 3 aliphatic heterocycles. The van der Waals surface area contributed by atoms with E-state index in [1.54, 1.807) is 0 Å². The summed E-state index contributed by atoms with van der Waals surface area (Å²) < 4.78 is 45.6. The Labute approximate surface area is 267 Å². The predicted octanol–water partition coefficient (Wildman–Crippen LogP) is 4.86. The molecular weight excluding hydrogens is 627 g/mol. The first-order chi connectivity index (χ1) is 22.0. The van der Waals surface area contributed by atoms with Crippen molar-refractivity contribution < 1.29 is 32.6 Å². The van der Waals surface area contributed by atoms with Crippen LogP contribution in [0.1, 0.15) is 30.5 Å². The first-order valence-corrected chi connectivity index (χ1v) is 15.4. The summed E-state index contributed by atoms with van der Waals surface area (Å²) in [6.45, 7) is 1.45. The Hall–Kier alpha value is -4.51. The highest BCUT2D eigenvalue weighted by atomic mass is 35.5. The number of amides is 2. The Morgan fingerprint density at radius 3 is 2.57 bits per heavy atom. The summed E-state index contributed by atoms with van der Waals surface area (Å²) in [5, 5.41) is 21.6. The quantitative estimate of drug-likeness (QED) is 0.396. The van der Waals surface area contributed by atoms with Gasteiger partial charge in [0, 0.05) is 49.4 Å². The number of hydrogen-bond acceptors (Lipinski definition) is 8. The van der Waals surface area contributed by atoms with Crippen molar-refractivity contribution in [2.75, 3.05) is 49.1 Å². The normalized spacial score (nSPS) is 20.1. The zero-order valence-corrected chi connectivity index (χ0v) is 25.5. The molecule has 11 nitrogen and oxygen atoms in total. The van der Waals surface area contributed by atoms with Crippen LogP contribution in [0.2, 0.25) is 5.02 Å². The number of nitrogens with zero attached hydrogens (tertiary/aromatic N) is 7. The van der Waals surface area contributed by atoms with Crippen LogP contribution in [0.25, 0.3) is 10.8 Å². The Morgan fingerprint density at radius 2 is 1.83 bits per heavy atom. The monoisotopic (exact) mass is 657 g/mol. The molecule has 2 amide bonds. The predicted molar refractivity (Wildman–Crippen MR) is 163 cm³/mol. The summed E-state index contributed by atoms with van der Waals surface area (Å²) in [6, 6.07) is 12.3. The number of alkyl halides is 3. The van der Waals surface area contributed by atoms with Crippen LogP contribution in [0.15, 0.2) is 36.4 Å². The minimum atomic E-state index is -4.98. The second-order valence-corrected chi connectivity index (χ2v) is 12.0. The molecule has 0 bridgehead atoms. The van der Waals surface area contributed by atoms with E-state index in [9.17, 15) is 33.1 Å². The maximum absolute atomic E-state index is 13.2. The zero-order valence-electron chi connectivity index (χ0n) is 24.7. The molecule has 3 aliphatic rings. The van der Waals surface area contributed by atoms with Gasteiger partial charge in [-0.2, -0.15) is 28.4 Å². The van der Waals surface area contributed by atoms with Crippen molar-refractivity contribution in [3.8, 4) is 12.1 Å². The Morgan fingerprint density at radius 1 is 1.04 bits per heavy atom. The van der Waals surface area contributed by atoms with Gasteiger partial charge in [-0.3, -0.25) is 4.79 Å². The molecule has 46 heavy (non-hydrogen) atoms. The standard InChI is InChI=1S/C31H31ClF3N7O4/c32-23-7-1-4-19-5-2-8-25(26(19)23)39-13-10-22-24(17-39)37-29(46-18-21-6-3-12-41(21)28(43)31(33,34)35)38-27(22)40-14-15-42(30(44)45)20(16-40)9-11-36/h1-2,4-5,7-8,20-21H,3,6,9-10,12-18H2,(H,44,45)/t20-,21-/m0/s1. The fourth-order valence-electron chi connectivity index (χ4n) is 6.65. The minimum Gasteiger partial charge on any atom is -0.465 e. The molecule has 0 radical (unpaired) electrons. The number of hydrogen-bond donors (Lipinski definition) is 1. The molecule has 1 aromatic heterocycles. The Balaban J connectivity index is 1.33. The van der Waals surface area contributed by atoms with Gasteiger partial charge in [0.1, 0.15) is 12.4 Å². The molecule has 3 aromatic rings. The summed E-state index contributed by atoms with van der Waals surface area (Å²) in [6.07, 6.45) is -4.77. The van der Waals surface area contributed by atoms with Crippen molar-refractivity contribution >= 4 is 45.9 Å². The number of halogens is 4. The molecule has 6 rings (SSSR count). The van der Waals surface area contributed by atoms with Crippen LogP contribution in [0.3, 0.4) is 0 Å². The van der Waals surface area contributed by atoms with E-state index in [1.165, 1.54) is 4.90 Å². The number of nitriles is 1. The SMILES string of the molecule is N#CC[C@H]1CN(c2nc(OC[C@@H]3CCCN3C(=O)C(F)(F)F)nc3c2CCN(c2cccc4cccc(Cl)c24)C3)CCN1C(=O)O. The summed E-state index contributed by atoms with van der Waals surface area (Å²) in [7, 11) is 0. The molecule has 0 spiro atoms. The van der Waals surface area contributed by atoms with E-state index >= 15 is 0 Å². The first kappa shape index (κ1) is 31.5. The van der Waals surface area contributed by atoms with E-state index in [0.717, 1.165) is 26.9 Å². The summed E-state index contributed by atoms with van der Waals surface area (Å²) in [4.78, 5) is 39.4. The van der Waals surface area contributed by atoms with Gasteiger partial charge in [0.25, 0.3) is 0 Å². The summed E-state index contributed by atoms with van der Waals surface area (Å²) >= 11 is 6.63. The van der Waals surface area contributed by atoms with Gasteiger partial charge in [-0.15, -0.1) is 0 Å². The molecule has 2 aromatic carbocycles. The molecule has 2 saturated heterocycles. The molecule has 2 fully saturated rings. The van der Waals surface area contributed by atoms with Gasteiger partial charge in [-0.05, 0) is 36.8 Å². The molecule has 1 N–H and O–H groups in total. The topological polar surface area (TPSA) is 126 Å². The largest absolute Gasteiger partial charge is 0.471 e. The van der Waals surface area contributed by atoms with E-state index in [0.29, 0.717) is 55.4 Å². The number of anilines is 2. The third-order valence-electron chi connectivity index (χ3n) is 8.84. The molecule has 0 unspecified atom stereocenters. The van der Waals surface area contributed by atoms with Crippen molar-refractivity contribution in [2.24, 2.45) is 0 Å². The fraction of sp³-hybridized carbons (Fsp3) is 0.452. The first-order valence-electron chi connectivity index (χ1n) is 15.0. The van der Waals surface area contributed by atoms with Gasteiger partial charge >= 0.3 is 24.2 Å². The van der Waals surface area contributed by atoms with E-state index in [1.807, 2.05) is 41.3 Å². The van der Waals surface area contributed by atoms with Crippen molar-refractivity contribution in [1.29, 1.82) is 5.26 Å². The van der Waals surface area contributed by atoms with E-state index in [2.05, 4.69) is 11.0 Å². The number of carbonyl (C=O) groups excluding carboxylic acids is 1. The lowest BCUT2D eigenvalue weighted by Gasteiger charge is -2.41. The average molecular weight is 658 g/mol. The van der Waals surface area contributed by atoms with Crippen molar-refractivity contribution in [3.63, 3.8) is 0 Å².